The molecule has 0 aliphatic heterocycles. The molecule has 0 bridgehead atoms. The van der Waals surface area contributed by atoms with Gasteiger partial charge in [-0.2, -0.15) is 4.98 Å². The Morgan fingerprint density at radius 3 is 2.35 bits per heavy atom. The van der Waals surface area contributed by atoms with Crippen molar-refractivity contribution in [2.75, 3.05) is 0 Å². The van der Waals surface area contributed by atoms with E-state index in [0.29, 0.717) is 28.2 Å². The molecule has 7 nitrogen and oxygen atoms in total. The molecule has 134 valence electrons. The second-order valence-electron chi connectivity index (χ2n) is 5.73. The van der Waals surface area contributed by atoms with Crippen molar-refractivity contribution in [3.05, 3.63) is 59.4 Å². The zero-order chi connectivity index (χ0) is 18.5. The SMILES string of the molecule is NC(=O)C[C@H](N)Cc1nc(-c2ccc(Oc3ccc(Cl)cc3)cc2)no1. The number of ether oxygens (including phenoxy) is 1. The Bertz CT molecular complexity index is 878. The Balaban J connectivity index is 1.65. The molecule has 1 aromatic heterocycles. The van der Waals surface area contributed by atoms with Crippen LogP contribution < -0.4 is 16.2 Å². The Morgan fingerprint density at radius 2 is 1.73 bits per heavy atom. The van der Waals surface area contributed by atoms with Crippen molar-refractivity contribution < 1.29 is 14.1 Å². The molecule has 0 spiro atoms. The quantitative estimate of drug-likeness (QED) is 0.658. The highest BCUT2D eigenvalue weighted by atomic mass is 35.5. The van der Waals surface area contributed by atoms with Gasteiger partial charge in [0.05, 0.1) is 0 Å². The molecule has 0 radical (unpaired) electrons. The van der Waals surface area contributed by atoms with E-state index < -0.39 is 11.9 Å². The zero-order valence-electron chi connectivity index (χ0n) is 13.8. The molecular formula is C18H17ClN4O3. The molecule has 3 rings (SSSR count). The lowest BCUT2D eigenvalue weighted by molar-refractivity contribution is -0.118. The van der Waals surface area contributed by atoms with Crippen LogP contribution >= 0.6 is 11.6 Å². The van der Waals surface area contributed by atoms with Gasteiger partial charge in [0.1, 0.15) is 11.5 Å². The maximum absolute atomic E-state index is 10.9. The van der Waals surface area contributed by atoms with E-state index in [1.165, 1.54) is 0 Å². The molecule has 4 N–H and O–H groups in total. The van der Waals surface area contributed by atoms with Gasteiger partial charge in [-0.1, -0.05) is 16.8 Å². The minimum absolute atomic E-state index is 0.0639. The third-order valence-corrected chi connectivity index (χ3v) is 3.78. The normalized spacial score (nSPS) is 11.9. The molecule has 0 fully saturated rings. The number of amides is 1. The van der Waals surface area contributed by atoms with E-state index in [-0.39, 0.29) is 12.8 Å². The zero-order valence-corrected chi connectivity index (χ0v) is 14.5. The average Bonchev–Trinajstić information content (AvgIpc) is 3.05. The number of halogens is 1. The number of benzene rings is 2. The summed E-state index contributed by atoms with van der Waals surface area (Å²) < 4.78 is 10.9. The second kappa shape index (κ2) is 7.99. The molecule has 0 saturated heterocycles. The first-order valence-corrected chi connectivity index (χ1v) is 8.28. The van der Waals surface area contributed by atoms with Gasteiger partial charge < -0.3 is 20.7 Å². The molecule has 2 aromatic carbocycles. The van der Waals surface area contributed by atoms with Crippen LogP contribution in [0.5, 0.6) is 11.5 Å². The van der Waals surface area contributed by atoms with Gasteiger partial charge in [-0.25, -0.2) is 0 Å². The number of carbonyl (C=O) groups excluding carboxylic acids is 1. The van der Waals surface area contributed by atoms with Crippen molar-refractivity contribution in [3.8, 4) is 22.9 Å². The largest absolute Gasteiger partial charge is 0.457 e. The molecule has 8 heteroatoms. The fourth-order valence-electron chi connectivity index (χ4n) is 2.32. The number of nitrogens with two attached hydrogens (primary N) is 2. The third kappa shape index (κ3) is 4.81. The van der Waals surface area contributed by atoms with E-state index in [1.807, 2.05) is 12.1 Å². The molecule has 0 saturated carbocycles. The lowest BCUT2D eigenvalue weighted by Gasteiger charge is -2.06. The van der Waals surface area contributed by atoms with Gasteiger partial charge >= 0.3 is 0 Å². The fraction of sp³-hybridized carbons (Fsp3) is 0.167. The van der Waals surface area contributed by atoms with Crippen molar-refractivity contribution >= 4 is 17.5 Å². The summed E-state index contributed by atoms with van der Waals surface area (Å²) in [4.78, 5) is 15.1. The van der Waals surface area contributed by atoms with E-state index in [4.69, 9.17) is 32.3 Å². The van der Waals surface area contributed by atoms with Crippen molar-refractivity contribution in [3.63, 3.8) is 0 Å². The first-order chi connectivity index (χ1) is 12.5. The summed E-state index contributed by atoms with van der Waals surface area (Å²) in [5.74, 6) is 1.68. The molecule has 1 atom stereocenters. The topological polar surface area (TPSA) is 117 Å². The summed E-state index contributed by atoms with van der Waals surface area (Å²) in [6.07, 6.45) is 0.349. The Kier molecular flexibility index (Phi) is 5.50. The smallest absolute Gasteiger partial charge is 0.228 e. The van der Waals surface area contributed by atoms with Crippen LogP contribution in [0.4, 0.5) is 0 Å². The number of carbonyl (C=O) groups is 1. The first-order valence-electron chi connectivity index (χ1n) is 7.90. The van der Waals surface area contributed by atoms with Gasteiger partial charge in [0.25, 0.3) is 0 Å². The van der Waals surface area contributed by atoms with Crippen LogP contribution in [-0.2, 0) is 11.2 Å². The number of primary amides is 1. The van der Waals surface area contributed by atoms with Crippen molar-refractivity contribution in [1.29, 1.82) is 0 Å². The first kappa shape index (κ1) is 17.9. The molecule has 0 aliphatic rings. The number of nitrogens with zero attached hydrogens (tertiary/aromatic N) is 2. The highest BCUT2D eigenvalue weighted by Crippen LogP contribution is 2.25. The summed E-state index contributed by atoms with van der Waals surface area (Å²) in [6.45, 7) is 0. The minimum Gasteiger partial charge on any atom is -0.457 e. The van der Waals surface area contributed by atoms with Crippen LogP contribution in [0.1, 0.15) is 12.3 Å². The molecule has 0 aliphatic carbocycles. The standard InChI is InChI=1S/C18H17ClN4O3/c19-12-3-7-15(8-4-12)25-14-5-1-11(2-6-14)18-22-17(26-23-18)10-13(20)9-16(21)24/h1-8,13H,9-10,20H2,(H2,21,24)/t13-/m0/s1. The van der Waals surface area contributed by atoms with Gasteiger partial charge in [-0.05, 0) is 48.5 Å². The average molecular weight is 373 g/mol. The van der Waals surface area contributed by atoms with Gasteiger partial charge in [0.15, 0.2) is 0 Å². The predicted molar refractivity (Wildman–Crippen MR) is 96.8 cm³/mol. The number of aromatic nitrogens is 2. The Morgan fingerprint density at radius 1 is 1.12 bits per heavy atom. The van der Waals surface area contributed by atoms with Crippen LogP contribution in [0.15, 0.2) is 53.1 Å². The summed E-state index contributed by atoms with van der Waals surface area (Å²) in [5, 5.41) is 4.58. The molecule has 3 aromatic rings. The van der Waals surface area contributed by atoms with Crippen molar-refractivity contribution in [2.45, 2.75) is 18.9 Å². The molecule has 1 heterocycles. The monoisotopic (exact) mass is 372 g/mol. The van der Waals surface area contributed by atoms with Gasteiger partial charge in [0, 0.05) is 29.5 Å². The number of rotatable bonds is 7. The summed E-state index contributed by atoms with van der Waals surface area (Å²) >= 11 is 5.85. The number of hydrogen-bond donors (Lipinski definition) is 2. The number of hydrogen-bond acceptors (Lipinski definition) is 6. The summed E-state index contributed by atoms with van der Waals surface area (Å²) in [7, 11) is 0. The maximum Gasteiger partial charge on any atom is 0.228 e. The van der Waals surface area contributed by atoms with E-state index in [1.54, 1.807) is 36.4 Å². The van der Waals surface area contributed by atoms with Crippen LogP contribution in [0.25, 0.3) is 11.4 Å². The van der Waals surface area contributed by atoms with Gasteiger partial charge in [0.2, 0.25) is 17.6 Å². The maximum atomic E-state index is 10.9. The molecule has 0 unspecified atom stereocenters. The second-order valence-corrected chi connectivity index (χ2v) is 6.16. The van der Waals surface area contributed by atoms with Crippen LogP contribution in [0.3, 0.4) is 0 Å². The van der Waals surface area contributed by atoms with Crippen molar-refractivity contribution in [2.24, 2.45) is 11.5 Å². The van der Waals surface area contributed by atoms with E-state index >= 15 is 0 Å². The molecular weight excluding hydrogens is 356 g/mol. The van der Waals surface area contributed by atoms with Crippen molar-refractivity contribution in [1.82, 2.24) is 10.1 Å². The molecule has 1 amide bonds. The minimum atomic E-state index is -0.464. The highest BCUT2D eigenvalue weighted by Gasteiger charge is 2.14. The van der Waals surface area contributed by atoms with E-state index in [2.05, 4.69) is 10.1 Å². The summed E-state index contributed by atoms with van der Waals surface area (Å²) in [6, 6.07) is 13.9. The molecule has 26 heavy (non-hydrogen) atoms. The Hall–Kier alpha value is -2.90. The van der Waals surface area contributed by atoms with Crippen LogP contribution in [0, 0.1) is 0 Å². The van der Waals surface area contributed by atoms with E-state index in [9.17, 15) is 4.79 Å². The predicted octanol–water partition coefficient (Wildman–Crippen LogP) is 2.93. The van der Waals surface area contributed by atoms with Crippen LogP contribution in [0.2, 0.25) is 5.02 Å². The highest BCUT2D eigenvalue weighted by molar-refractivity contribution is 6.30. The van der Waals surface area contributed by atoms with Gasteiger partial charge in [-0.15, -0.1) is 0 Å². The van der Waals surface area contributed by atoms with E-state index in [0.717, 1.165) is 5.56 Å². The summed E-state index contributed by atoms with van der Waals surface area (Å²) in [5.41, 5.74) is 11.7. The Labute approximate surface area is 154 Å². The van der Waals surface area contributed by atoms with Crippen LogP contribution in [-0.4, -0.2) is 22.1 Å². The fourth-order valence-corrected chi connectivity index (χ4v) is 2.45. The van der Waals surface area contributed by atoms with Gasteiger partial charge in [-0.3, -0.25) is 4.79 Å². The lowest BCUT2D eigenvalue weighted by atomic mass is 10.1. The third-order valence-electron chi connectivity index (χ3n) is 3.53. The lowest BCUT2D eigenvalue weighted by Crippen LogP contribution is -2.29.